The number of rotatable bonds is 6. The lowest BCUT2D eigenvalue weighted by Gasteiger charge is -2.38. The summed E-state index contributed by atoms with van der Waals surface area (Å²) in [6.45, 7) is 5.19. The van der Waals surface area contributed by atoms with Crippen molar-refractivity contribution >= 4 is 36.7 Å². The van der Waals surface area contributed by atoms with Gasteiger partial charge in [-0.3, -0.25) is 24.7 Å². The lowest BCUT2D eigenvalue weighted by molar-refractivity contribution is -0.153. The van der Waals surface area contributed by atoms with Gasteiger partial charge in [-0.15, -0.1) is 0 Å². The SMILES string of the molecule is CCN1CCN(C(=O)NC(C(=O)C[C@H]2Cc3cccc(C)c3OB2O)C2CCN(C(=N)N)CC2)C(=O)C1=O. The van der Waals surface area contributed by atoms with Crippen LogP contribution in [0, 0.1) is 18.3 Å². The van der Waals surface area contributed by atoms with Gasteiger partial charge in [-0.25, -0.2) is 4.79 Å². The van der Waals surface area contributed by atoms with Crippen LogP contribution in [-0.4, -0.2) is 95.2 Å². The van der Waals surface area contributed by atoms with Gasteiger partial charge in [0.25, 0.3) is 0 Å². The highest BCUT2D eigenvalue weighted by Crippen LogP contribution is 2.36. The van der Waals surface area contributed by atoms with Crippen LogP contribution >= 0.6 is 0 Å². The first kappa shape index (κ1) is 27.4. The molecule has 3 aliphatic rings. The average Bonchev–Trinajstić information content (AvgIpc) is 2.89. The molecule has 2 fully saturated rings. The zero-order valence-corrected chi connectivity index (χ0v) is 21.8. The van der Waals surface area contributed by atoms with E-state index in [1.54, 1.807) is 11.8 Å². The molecule has 0 bridgehead atoms. The van der Waals surface area contributed by atoms with E-state index in [1.807, 2.05) is 25.1 Å². The van der Waals surface area contributed by atoms with E-state index in [-0.39, 0.29) is 37.2 Å². The zero-order valence-electron chi connectivity index (χ0n) is 21.8. The van der Waals surface area contributed by atoms with Gasteiger partial charge in [0, 0.05) is 45.0 Å². The molecule has 3 aliphatic heterocycles. The second-order valence-electron chi connectivity index (χ2n) is 10.2. The number of carbonyl (C=O) groups excluding carboxylic acids is 4. The van der Waals surface area contributed by atoms with Crippen molar-refractivity contribution in [2.24, 2.45) is 11.7 Å². The molecule has 204 valence electrons. The lowest BCUT2D eigenvalue weighted by atomic mass is 9.63. The van der Waals surface area contributed by atoms with Gasteiger partial charge in [0.15, 0.2) is 11.7 Å². The van der Waals surface area contributed by atoms with Crippen LogP contribution in [0.3, 0.4) is 0 Å². The Balaban J connectivity index is 1.50. The summed E-state index contributed by atoms with van der Waals surface area (Å²) in [5.41, 5.74) is 7.42. The number of hydrogen-bond donors (Lipinski definition) is 4. The molecule has 1 aromatic rings. The van der Waals surface area contributed by atoms with Crippen molar-refractivity contribution in [3.05, 3.63) is 29.3 Å². The molecule has 2 atom stereocenters. The van der Waals surface area contributed by atoms with E-state index in [2.05, 4.69) is 5.32 Å². The fraction of sp³-hybridized carbons (Fsp3) is 0.560. The van der Waals surface area contributed by atoms with Crippen molar-refractivity contribution < 1.29 is 28.9 Å². The van der Waals surface area contributed by atoms with Crippen molar-refractivity contribution in [2.45, 2.75) is 51.4 Å². The van der Waals surface area contributed by atoms with Gasteiger partial charge in [-0.05, 0) is 50.2 Å². The number of nitrogens with zero attached hydrogens (tertiary/aromatic N) is 3. The van der Waals surface area contributed by atoms with Gasteiger partial charge in [-0.2, -0.15) is 0 Å². The standard InChI is InChI=1S/C25H35BN6O6/c1-3-30-11-12-32(23(35)22(30)34)25(36)29-20(16-7-9-31(10-8-16)24(27)28)19(33)14-18-13-17-6-4-5-15(2)21(17)38-26(18)37/h4-6,16,18,20,37H,3,7-14H2,1-2H3,(H3,27,28)(H,29,36)/t18-,20?/m1/s1. The lowest BCUT2D eigenvalue weighted by Crippen LogP contribution is -2.61. The van der Waals surface area contributed by atoms with Crippen molar-refractivity contribution in [3.63, 3.8) is 0 Å². The number of benzene rings is 1. The molecule has 13 heteroatoms. The summed E-state index contributed by atoms with van der Waals surface area (Å²) >= 11 is 0. The first-order valence-electron chi connectivity index (χ1n) is 13.1. The number of fused-ring (bicyclic) bond motifs is 1. The minimum absolute atomic E-state index is 0.0388. The second-order valence-corrected chi connectivity index (χ2v) is 10.2. The number of amides is 4. The molecule has 3 heterocycles. The maximum atomic E-state index is 13.7. The monoisotopic (exact) mass is 526 g/mol. The topological polar surface area (TPSA) is 169 Å². The molecule has 1 aromatic carbocycles. The predicted octanol–water partition coefficient (Wildman–Crippen LogP) is 0.114. The molecule has 4 amide bonds. The molecule has 0 aliphatic carbocycles. The molecule has 0 spiro atoms. The largest absolute Gasteiger partial charge is 0.536 e. The zero-order chi connectivity index (χ0) is 27.6. The summed E-state index contributed by atoms with van der Waals surface area (Å²) in [5, 5.41) is 21.1. The average molecular weight is 526 g/mol. The first-order valence-corrected chi connectivity index (χ1v) is 13.1. The quantitative estimate of drug-likeness (QED) is 0.175. The molecule has 5 N–H and O–H groups in total. The van der Waals surface area contributed by atoms with Crippen molar-refractivity contribution in [1.82, 2.24) is 20.0 Å². The number of piperazine rings is 1. The summed E-state index contributed by atoms with van der Waals surface area (Å²) in [4.78, 5) is 55.7. The molecule has 1 unspecified atom stereocenters. The Morgan fingerprint density at radius 2 is 1.92 bits per heavy atom. The van der Waals surface area contributed by atoms with Crippen molar-refractivity contribution in [1.29, 1.82) is 5.41 Å². The number of piperidine rings is 1. The number of imide groups is 1. The second kappa shape index (κ2) is 11.4. The number of hydrogen-bond acceptors (Lipinski definition) is 7. The highest BCUT2D eigenvalue weighted by molar-refractivity contribution is 6.46. The highest BCUT2D eigenvalue weighted by atomic mass is 16.5. The Morgan fingerprint density at radius 3 is 2.58 bits per heavy atom. The summed E-state index contributed by atoms with van der Waals surface area (Å²) in [5.74, 6) is -2.15. The summed E-state index contributed by atoms with van der Waals surface area (Å²) in [6.07, 6.45) is 1.40. The smallest absolute Gasteiger partial charge is 0.526 e. The number of para-hydroxylation sites is 1. The number of nitrogens with one attached hydrogen (secondary N) is 2. The maximum Gasteiger partial charge on any atom is 0.526 e. The minimum Gasteiger partial charge on any atom is -0.536 e. The molecular weight excluding hydrogens is 491 g/mol. The van der Waals surface area contributed by atoms with Gasteiger partial charge in [0.05, 0.1) is 6.04 Å². The number of carbonyl (C=O) groups is 4. The number of Topliss-reactive ketones (excluding diaryl/α,β-unsaturated/α-hetero) is 1. The fourth-order valence-electron chi connectivity index (χ4n) is 5.52. The van der Waals surface area contributed by atoms with E-state index in [0.29, 0.717) is 44.6 Å². The van der Waals surface area contributed by atoms with Crippen LogP contribution in [-0.2, 0) is 20.8 Å². The number of likely N-dealkylation sites (N-methyl/N-ethyl adjacent to an activating group) is 1. The third-order valence-corrected chi connectivity index (χ3v) is 7.79. The van der Waals surface area contributed by atoms with E-state index in [1.165, 1.54) is 4.90 Å². The third kappa shape index (κ3) is 5.62. The number of guanidine groups is 1. The molecule has 0 aromatic heterocycles. The van der Waals surface area contributed by atoms with Crippen LogP contribution in [0.5, 0.6) is 5.75 Å². The predicted molar refractivity (Wildman–Crippen MR) is 139 cm³/mol. The number of aryl methyl sites for hydroxylation is 1. The van der Waals surface area contributed by atoms with E-state index in [0.717, 1.165) is 16.0 Å². The van der Waals surface area contributed by atoms with Crippen LogP contribution in [0.2, 0.25) is 5.82 Å². The Bertz CT molecular complexity index is 1120. The Kier molecular flexibility index (Phi) is 8.24. The fourth-order valence-corrected chi connectivity index (χ4v) is 5.52. The van der Waals surface area contributed by atoms with Gasteiger partial charge in [0.2, 0.25) is 0 Å². The number of ketones is 1. The molecule has 38 heavy (non-hydrogen) atoms. The summed E-state index contributed by atoms with van der Waals surface area (Å²) in [7, 11) is -1.18. The van der Waals surface area contributed by atoms with E-state index < -0.39 is 36.8 Å². The third-order valence-electron chi connectivity index (χ3n) is 7.79. The van der Waals surface area contributed by atoms with Gasteiger partial charge in [0.1, 0.15) is 5.75 Å². The van der Waals surface area contributed by atoms with Crippen molar-refractivity contribution in [3.8, 4) is 5.75 Å². The van der Waals surface area contributed by atoms with E-state index in [4.69, 9.17) is 15.8 Å². The highest BCUT2D eigenvalue weighted by Gasteiger charge is 2.42. The van der Waals surface area contributed by atoms with Crippen LogP contribution in [0.4, 0.5) is 4.79 Å². The molecule has 0 radical (unpaired) electrons. The van der Waals surface area contributed by atoms with Crippen molar-refractivity contribution in [2.75, 3.05) is 32.7 Å². The Morgan fingerprint density at radius 1 is 1.21 bits per heavy atom. The Labute approximate surface area is 222 Å². The summed E-state index contributed by atoms with van der Waals surface area (Å²) in [6, 6.07) is 3.97. The van der Waals surface area contributed by atoms with E-state index in [9.17, 15) is 24.2 Å². The maximum absolute atomic E-state index is 13.7. The first-order chi connectivity index (χ1) is 18.1. The number of nitrogens with two attached hydrogens (primary N) is 1. The molecule has 4 rings (SSSR count). The minimum atomic E-state index is -1.18. The van der Waals surface area contributed by atoms with Crippen LogP contribution in [0.25, 0.3) is 0 Å². The van der Waals surface area contributed by atoms with E-state index >= 15 is 0 Å². The molecular formula is C25H35BN6O6. The number of likely N-dealkylation sites (tertiary alicyclic amines) is 1. The van der Waals surface area contributed by atoms with Crippen LogP contribution in [0.1, 0.15) is 37.3 Å². The van der Waals surface area contributed by atoms with Crippen LogP contribution in [0.15, 0.2) is 18.2 Å². The van der Waals surface area contributed by atoms with Gasteiger partial charge < -0.3 is 30.5 Å². The number of urea groups is 1. The van der Waals surface area contributed by atoms with Crippen LogP contribution < -0.4 is 15.7 Å². The molecule has 2 saturated heterocycles. The van der Waals surface area contributed by atoms with Gasteiger partial charge in [-0.1, -0.05) is 18.2 Å². The summed E-state index contributed by atoms with van der Waals surface area (Å²) < 4.78 is 5.74. The van der Waals surface area contributed by atoms with Gasteiger partial charge >= 0.3 is 25.0 Å². The molecule has 0 saturated carbocycles. The Hall–Kier alpha value is -3.61. The molecule has 12 nitrogen and oxygen atoms in total. The normalized spacial score (nSPS) is 21.1.